The molecule has 2 aromatic rings. The number of aryl methyl sites for hydroxylation is 1. The molecule has 1 heterocycles. The van der Waals surface area contributed by atoms with Gasteiger partial charge in [-0.15, -0.1) is 0 Å². The Morgan fingerprint density at radius 2 is 2.00 bits per heavy atom. The number of hydrogen-bond donors (Lipinski definition) is 1. The molecule has 0 spiro atoms. The van der Waals surface area contributed by atoms with Gasteiger partial charge in [0.25, 0.3) is 0 Å². The first-order chi connectivity index (χ1) is 9.74. The van der Waals surface area contributed by atoms with E-state index in [0.717, 1.165) is 36.5 Å². The van der Waals surface area contributed by atoms with Crippen LogP contribution in [-0.2, 0) is 13.2 Å². The van der Waals surface area contributed by atoms with Crippen LogP contribution >= 0.6 is 0 Å². The highest BCUT2D eigenvalue weighted by molar-refractivity contribution is 5.29. The Morgan fingerprint density at radius 1 is 1.25 bits per heavy atom. The molecule has 0 radical (unpaired) electrons. The molecule has 108 valence electrons. The molecule has 1 atom stereocenters. The summed E-state index contributed by atoms with van der Waals surface area (Å²) in [6, 6.07) is 8.02. The van der Waals surface area contributed by atoms with Crippen LogP contribution in [0.2, 0.25) is 0 Å². The summed E-state index contributed by atoms with van der Waals surface area (Å²) in [5, 5.41) is 4.18. The first kappa shape index (κ1) is 14.5. The van der Waals surface area contributed by atoms with Crippen LogP contribution in [-0.4, -0.2) is 14.8 Å². The summed E-state index contributed by atoms with van der Waals surface area (Å²) in [7, 11) is 0. The minimum absolute atomic E-state index is 0.0942. The van der Waals surface area contributed by atoms with Gasteiger partial charge in [-0.05, 0) is 30.5 Å². The highest BCUT2D eigenvalue weighted by Gasteiger charge is 2.06. The molecular formula is C15H22N4O. The third kappa shape index (κ3) is 3.57. The second-order valence-electron chi connectivity index (χ2n) is 4.77. The van der Waals surface area contributed by atoms with Crippen molar-refractivity contribution in [1.82, 2.24) is 14.8 Å². The number of rotatable bonds is 7. The van der Waals surface area contributed by atoms with E-state index in [9.17, 15) is 0 Å². The quantitative estimate of drug-likeness (QED) is 0.843. The van der Waals surface area contributed by atoms with Crippen LogP contribution in [0.1, 0.15) is 44.1 Å². The van der Waals surface area contributed by atoms with Crippen molar-refractivity contribution in [2.75, 3.05) is 0 Å². The molecule has 0 saturated heterocycles. The zero-order valence-electron chi connectivity index (χ0n) is 12.1. The van der Waals surface area contributed by atoms with E-state index in [1.165, 1.54) is 0 Å². The molecule has 0 bridgehead atoms. The maximum absolute atomic E-state index is 5.99. The summed E-state index contributed by atoms with van der Waals surface area (Å²) in [6.07, 6.45) is 3.53. The van der Waals surface area contributed by atoms with Crippen molar-refractivity contribution >= 4 is 0 Å². The van der Waals surface area contributed by atoms with E-state index < -0.39 is 0 Å². The van der Waals surface area contributed by atoms with Crippen molar-refractivity contribution in [3.05, 3.63) is 42.0 Å². The molecule has 0 aliphatic heterocycles. The largest absolute Gasteiger partial charge is 0.486 e. The number of aromatic nitrogens is 3. The van der Waals surface area contributed by atoms with E-state index in [-0.39, 0.29) is 6.04 Å². The number of hydrogen-bond acceptors (Lipinski definition) is 4. The SMILES string of the molecule is CCCn1ncnc1COc1ccc(C(N)CC)cc1. The fourth-order valence-electron chi connectivity index (χ4n) is 1.99. The van der Waals surface area contributed by atoms with Crippen LogP contribution in [0.25, 0.3) is 0 Å². The third-order valence-corrected chi connectivity index (χ3v) is 3.25. The van der Waals surface area contributed by atoms with Crippen molar-refractivity contribution in [3.63, 3.8) is 0 Å². The van der Waals surface area contributed by atoms with Crippen LogP contribution in [0.15, 0.2) is 30.6 Å². The average Bonchev–Trinajstić information content (AvgIpc) is 2.92. The van der Waals surface area contributed by atoms with Gasteiger partial charge in [0, 0.05) is 12.6 Å². The third-order valence-electron chi connectivity index (χ3n) is 3.25. The molecule has 5 heteroatoms. The topological polar surface area (TPSA) is 66.0 Å². The van der Waals surface area contributed by atoms with Gasteiger partial charge >= 0.3 is 0 Å². The minimum Gasteiger partial charge on any atom is -0.486 e. The summed E-state index contributed by atoms with van der Waals surface area (Å²) in [5.41, 5.74) is 7.12. The Labute approximate surface area is 119 Å². The van der Waals surface area contributed by atoms with Crippen molar-refractivity contribution in [2.24, 2.45) is 5.73 Å². The van der Waals surface area contributed by atoms with E-state index in [0.29, 0.717) is 6.61 Å². The normalized spacial score (nSPS) is 12.3. The van der Waals surface area contributed by atoms with E-state index in [2.05, 4.69) is 23.9 Å². The number of nitrogens with two attached hydrogens (primary N) is 1. The van der Waals surface area contributed by atoms with Crippen LogP contribution < -0.4 is 10.5 Å². The number of nitrogens with zero attached hydrogens (tertiary/aromatic N) is 3. The molecule has 5 nitrogen and oxygen atoms in total. The van der Waals surface area contributed by atoms with Gasteiger partial charge in [0.2, 0.25) is 0 Å². The lowest BCUT2D eigenvalue weighted by Crippen LogP contribution is -2.09. The van der Waals surface area contributed by atoms with E-state index in [1.54, 1.807) is 6.33 Å². The number of benzene rings is 1. The highest BCUT2D eigenvalue weighted by Crippen LogP contribution is 2.18. The predicted octanol–water partition coefficient (Wildman–Crippen LogP) is 2.68. The molecule has 0 aliphatic carbocycles. The maximum Gasteiger partial charge on any atom is 0.164 e. The van der Waals surface area contributed by atoms with Gasteiger partial charge in [-0.25, -0.2) is 9.67 Å². The van der Waals surface area contributed by atoms with E-state index in [4.69, 9.17) is 10.5 Å². The van der Waals surface area contributed by atoms with Gasteiger partial charge in [0.1, 0.15) is 18.7 Å². The Morgan fingerprint density at radius 3 is 2.65 bits per heavy atom. The molecule has 2 rings (SSSR count). The lowest BCUT2D eigenvalue weighted by Gasteiger charge is -2.11. The van der Waals surface area contributed by atoms with Crippen molar-refractivity contribution in [3.8, 4) is 5.75 Å². The second-order valence-corrected chi connectivity index (χ2v) is 4.77. The van der Waals surface area contributed by atoms with Gasteiger partial charge in [-0.2, -0.15) is 5.10 Å². The summed E-state index contributed by atoms with van der Waals surface area (Å²) < 4.78 is 7.62. The maximum atomic E-state index is 5.99. The lowest BCUT2D eigenvalue weighted by atomic mass is 10.1. The Kier molecular flexibility index (Phi) is 5.12. The summed E-state index contributed by atoms with van der Waals surface area (Å²) in [5.74, 6) is 1.67. The van der Waals surface area contributed by atoms with Crippen molar-refractivity contribution in [2.45, 2.75) is 45.9 Å². The van der Waals surface area contributed by atoms with Crippen LogP contribution in [0.5, 0.6) is 5.75 Å². The summed E-state index contributed by atoms with van der Waals surface area (Å²) >= 11 is 0. The van der Waals surface area contributed by atoms with Crippen molar-refractivity contribution in [1.29, 1.82) is 0 Å². The smallest absolute Gasteiger partial charge is 0.164 e. The van der Waals surface area contributed by atoms with Gasteiger partial charge < -0.3 is 10.5 Å². The van der Waals surface area contributed by atoms with Gasteiger partial charge in [-0.3, -0.25) is 0 Å². The van der Waals surface area contributed by atoms with Gasteiger partial charge in [0.05, 0.1) is 0 Å². The summed E-state index contributed by atoms with van der Waals surface area (Å²) in [4.78, 5) is 4.22. The highest BCUT2D eigenvalue weighted by atomic mass is 16.5. The average molecular weight is 274 g/mol. The molecule has 0 amide bonds. The molecule has 0 saturated carbocycles. The van der Waals surface area contributed by atoms with Gasteiger partial charge in [0.15, 0.2) is 5.82 Å². The molecule has 0 fully saturated rings. The molecule has 20 heavy (non-hydrogen) atoms. The zero-order chi connectivity index (χ0) is 14.4. The van der Waals surface area contributed by atoms with Crippen molar-refractivity contribution < 1.29 is 4.74 Å². The van der Waals surface area contributed by atoms with Gasteiger partial charge in [-0.1, -0.05) is 26.0 Å². The minimum atomic E-state index is 0.0942. The zero-order valence-corrected chi connectivity index (χ0v) is 12.1. The second kappa shape index (κ2) is 7.05. The molecule has 1 aromatic heterocycles. The summed E-state index contributed by atoms with van der Waals surface area (Å²) in [6.45, 7) is 5.49. The first-order valence-corrected chi connectivity index (χ1v) is 7.09. The molecule has 0 aliphatic rings. The molecule has 1 aromatic carbocycles. The molecule has 2 N–H and O–H groups in total. The predicted molar refractivity (Wildman–Crippen MR) is 78.3 cm³/mol. The standard InChI is InChI=1S/C15H22N4O/c1-3-9-19-15(17-11-18-19)10-20-13-7-5-12(6-8-13)14(16)4-2/h5-8,11,14H,3-4,9-10,16H2,1-2H3. The Hall–Kier alpha value is -1.88. The van der Waals surface area contributed by atoms with E-state index >= 15 is 0 Å². The first-order valence-electron chi connectivity index (χ1n) is 7.09. The van der Waals surface area contributed by atoms with Crippen LogP contribution in [0.3, 0.4) is 0 Å². The monoisotopic (exact) mass is 274 g/mol. The molecule has 1 unspecified atom stereocenters. The van der Waals surface area contributed by atoms with Crippen LogP contribution in [0.4, 0.5) is 0 Å². The van der Waals surface area contributed by atoms with Crippen LogP contribution in [0, 0.1) is 0 Å². The Bertz CT molecular complexity index is 521. The van der Waals surface area contributed by atoms with E-state index in [1.807, 2.05) is 28.9 Å². The lowest BCUT2D eigenvalue weighted by molar-refractivity contribution is 0.286. The fraction of sp³-hybridized carbons (Fsp3) is 0.467. The number of ether oxygens (including phenoxy) is 1. The fourth-order valence-corrected chi connectivity index (χ4v) is 1.99. The molecular weight excluding hydrogens is 252 g/mol. The Balaban J connectivity index is 1.95.